The van der Waals surface area contributed by atoms with E-state index in [2.05, 4.69) is 15.6 Å². The molecule has 3 atom stereocenters. The summed E-state index contributed by atoms with van der Waals surface area (Å²) >= 11 is 1.41. The van der Waals surface area contributed by atoms with Gasteiger partial charge < -0.3 is 30.3 Å². The number of carbonyl (C=O) groups excluding carboxylic acids is 2. The molecule has 194 valence electrons. The maximum Gasteiger partial charge on any atom is 0.414 e. The van der Waals surface area contributed by atoms with Crippen molar-refractivity contribution in [3.8, 4) is 5.75 Å². The molecule has 2 amide bonds. The molecule has 1 aromatic heterocycles. The molecule has 0 bridgehead atoms. The van der Waals surface area contributed by atoms with Crippen molar-refractivity contribution in [2.24, 2.45) is 0 Å². The van der Waals surface area contributed by atoms with Crippen LogP contribution in [0.3, 0.4) is 0 Å². The lowest BCUT2D eigenvalue weighted by Gasteiger charge is -2.23. The molecule has 2 aromatic carbocycles. The van der Waals surface area contributed by atoms with E-state index in [1.807, 2.05) is 6.07 Å². The third-order valence-corrected chi connectivity index (χ3v) is 7.38. The van der Waals surface area contributed by atoms with E-state index in [0.717, 1.165) is 11.1 Å². The van der Waals surface area contributed by atoms with Crippen molar-refractivity contribution >= 4 is 46.0 Å². The van der Waals surface area contributed by atoms with Crippen molar-refractivity contribution in [2.45, 2.75) is 29.8 Å². The number of ether oxygens (including phenoxy) is 2. The van der Waals surface area contributed by atoms with Gasteiger partial charge in [-0.25, -0.2) is 9.18 Å². The smallest absolute Gasteiger partial charge is 0.414 e. The van der Waals surface area contributed by atoms with E-state index in [9.17, 15) is 24.2 Å². The molecule has 5 rings (SSSR count). The predicted molar refractivity (Wildman–Crippen MR) is 135 cm³/mol. The minimum Gasteiger partial charge on any atom is -0.497 e. The summed E-state index contributed by atoms with van der Waals surface area (Å²) in [5.74, 6) is 0.255. The van der Waals surface area contributed by atoms with Crippen molar-refractivity contribution in [3.05, 3.63) is 54.0 Å². The molecule has 4 N–H and O–H groups in total. The molecule has 10 nitrogen and oxygen atoms in total. The molecule has 3 heterocycles. The van der Waals surface area contributed by atoms with Crippen LogP contribution in [0.4, 0.5) is 20.6 Å². The van der Waals surface area contributed by atoms with Crippen molar-refractivity contribution in [2.75, 3.05) is 36.2 Å². The van der Waals surface area contributed by atoms with Crippen LogP contribution in [-0.4, -0.2) is 71.5 Å². The molecule has 37 heavy (non-hydrogen) atoms. The maximum absolute atomic E-state index is 14.5. The van der Waals surface area contributed by atoms with Gasteiger partial charge in [-0.3, -0.25) is 14.7 Å². The molecule has 0 spiro atoms. The van der Waals surface area contributed by atoms with Crippen LogP contribution in [0.15, 0.2) is 47.5 Å². The number of aliphatic hydroxyl groups excluding tert-OH is 2. The molecule has 1 unspecified atom stereocenters. The van der Waals surface area contributed by atoms with Gasteiger partial charge in [0.1, 0.15) is 17.7 Å². The monoisotopic (exact) mass is 528 g/mol. The third kappa shape index (κ3) is 5.18. The summed E-state index contributed by atoms with van der Waals surface area (Å²) in [4.78, 5) is 30.5. The van der Waals surface area contributed by atoms with E-state index in [1.165, 1.54) is 23.8 Å². The van der Waals surface area contributed by atoms with Crippen molar-refractivity contribution in [3.63, 3.8) is 0 Å². The van der Waals surface area contributed by atoms with Crippen molar-refractivity contribution in [1.29, 1.82) is 0 Å². The highest BCUT2D eigenvalue weighted by Gasteiger charge is 2.39. The lowest BCUT2D eigenvalue weighted by molar-refractivity contribution is -0.113. The van der Waals surface area contributed by atoms with Crippen LogP contribution in [0, 0.1) is 5.82 Å². The van der Waals surface area contributed by atoms with E-state index < -0.39 is 30.2 Å². The van der Waals surface area contributed by atoms with Crippen LogP contribution >= 0.6 is 11.8 Å². The van der Waals surface area contributed by atoms with Crippen LogP contribution in [0.5, 0.6) is 5.75 Å². The molecule has 1 saturated heterocycles. The first-order valence-corrected chi connectivity index (χ1v) is 12.6. The van der Waals surface area contributed by atoms with Gasteiger partial charge in [-0.15, -0.1) is 11.8 Å². The van der Waals surface area contributed by atoms with E-state index >= 15 is 0 Å². The molecule has 12 heteroatoms. The van der Waals surface area contributed by atoms with Gasteiger partial charge >= 0.3 is 6.09 Å². The minimum absolute atomic E-state index is 0.0142. The summed E-state index contributed by atoms with van der Waals surface area (Å²) in [7, 11) is 1.52. The SMILES string of the molecule is COc1ccc2ncc(F)c(CNC[C@@H](O)[C@H](O)C3CN(c4ccc5c(c4)NC(=O)CS5)C(=O)O3)c2c1. The lowest BCUT2D eigenvalue weighted by atomic mass is 10.1. The highest BCUT2D eigenvalue weighted by molar-refractivity contribution is 8.00. The molecule has 0 aliphatic carbocycles. The normalized spacial score (nSPS) is 18.8. The Bertz CT molecular complexity index is 1360. The fraction of sp³-hybridized carbons (Fsp3) is 0.320. The number of carbonyl (C=O) groups is 2. The molecular formula is C25H25FN4O6S. The second-order valence-electron chi connectivity index (χ2n) is 8.71. The highest BCUT2D eigenvalue weighted by Crippen LogP contribution is 2.35. The average molecular weight is 529 g/mol. The number of methoxy groups -OCH3 is 1. The van der Waals surface area contributed by atoms with Crippen LogP contribution in [0.1, 0.15) is 5.56 Å². The Morgan fingerprint density at radius 1 is 1.30 bits per heavy atom. The fourth-order valence-electron chi connectivity index (χ4n) is 4.33. The summed E-state index contributed by atoms with van der Waals surface area (Å²) in [6.07, 6.45) is -3.18. The summed E-state index contributed by atoms with van der Waals surface area (Å²) < 4.78 is 25.1. The molecule has 0 radical (unpaired) electrons. The molecule has 3 aromatic rings. The van der Waals surface area contributed by atoms with Gasteiger partial charge in [-0.1, -0.05) is 0 Å². The van der Waals surface area contributed by atoms with Crippen LogP contribution < -0.4 is 20.3 Å². The number of thioether (sulfide) groups is 1. The number of nitrogens with zero attached hydrogens (tertiary/aromatic N) is 2. The van der Waals surface area contributed by atoms with E-state index in [-0.39, 0.29) is 25.5 Å². The molecule has 2 aliphatic rings. The number of nitrogens with one attached hydrogen (secondary N) is 2. The number of amides is 2. The lowest BCUT2D eigenvalue weighted by Crippen LogP contribution is -2.44. The van der Waals surface area contributed by atoms with E-state index in [4.69, 9.17) is 9.47 Å². The first-order chi connectivity index (χ1) is 17.8. The highest BCUT2D eigenvalue weighted by atomic mass is 32.2. The van der Waals surface area contributed by atoms with Crippen LogP contribution in [-0.2, 0) is 16.1 Å². The Kier molecular flexibility index (Phi) is 7.15. The van der Waals surface area contributed by atoms with Gasteiger partial charge in [0.25, 0.3) is 0 Å². The Labute approximate surface area is 215 Å². The number of fused-ring (bicyclic) bond motifs is 2. The Hall–Kier alpha value is -3.45. The zero-order valence-corrected chi connectivity index (χ0v) is 20.6. The number of benzene rings is 2. The second-order valence-corrected chi connectivity index (χ2v) is 9.72. The summed E-state index contributed by atoms with van der Waals surface area (Å²) in [6, 6.07) is 10.4. The number of cyclic esters (lactones) is 1. The number of pyridine rings is 1. The first-order valence-electron chi connectivity index (χ1n) is 11.6. The largest absolute Gasteiger partial charge is 0.497 e. The topological polar surface area (TPSA) is 133 Å². The van der Waals surface area contributed by atoms with Crippen molar-refractivity contribution in [1.82, 2.24) is 10.3 Å². The number of halogens is 1. The summed E-state index contributed by atoms with van der Waals surface area (Å²) in [5.41, 5.74) is 2.05. The van der Waals surface area contributed by atoms with E-state index in [1.54, 1.807) is 30.3 Å². The molecule has 2 aliphatic heterocycles. The molecule has 1 fully saturated rings. The standard InChI is InChI=1S/C25H25FN4O6S/c1-35-14-3-4-18-15(7-14)16(17(26)9-28-18)8-27-10-20(31)24(33)21-11-30(25(34)36-21)13-2-5-22-19(6-13)29-23(32)12-37-22/h2-7,9,20-21,24,27,31,33H,8,10-12H2,1H3,(H,29,32)/t20-,21?,24+/m1/s1. The van der Waals surface area contributed by atoms with Gasteiger partial charge in [0.2, 0.25) is 5.91 Å². The van der Waals surface area contributed by atoms with Crippen LogP contribution in [0.25, 0.3) is 10.9 Å². The summed E-state index contributed by atoms with van der Waals surface area (Å²) in [5, 5.41) is 27.5. The average Bonchev–Trinajstić information content (AvgIpc) is 3.29. The van der Waals surface area contributed by atoms with Gasteiger partial charge in [0.05, 0.1) is 42.9 Å². The number of anilines is 2. The Balaban J connectivity index is 1.21. The Morgan fingerprint density at radius 3 is 2.95 bits per heavy atom. The predicted octanol–water partition coefficient (Wildman–Crippen LogP) is 2.26. The summed E-state index contributed by atoms with van der Waals surface area (Å²) in [6.45, 7) is 0.00211. The van der Waals surface area contributed by atoms with Gasteiger partial charge in [-0.2, -0.15) is 0 Å². The number of hydrogen-bond donors (Lipinski definition) is 4. The van der Waals surface area contributed by atoms with Gasteiger partial charge in [0.15, 0.2) is 6.10 Å². The fourth-order valence-corrected chi connectivity index (χ4v) is 5.12. The second kappa shape index (κ2) is 10.5. The van der Waals surface area contributed by atoms with Gasteiger partial charge in [-0.05, 0) is 36.4 Å². The zero-order valence-electron chi connectivity index (χ0n) is 19.8. The first kappa shape index (κ1) is 25.2. The number of aromatic nitrogens is 1. The minimum atomic E-state index is -1.38. The zero-order chi connectivity index (χ0) is 26.1. The van der Waals surface area contributed by atoms with Gasteiger partial charge in [0, 0.05) is 34.6 Å². The number of aliphatic hydroxyl groups is 2. The molecule has 0 saturated carbocycles. The quantitative estimate of drug-likeness (QED) is 0.347. The Morgan fingerprint density at radius 2 is 2.14 bits per heavy atom. The third-order valence-electron chi connectivity index (χ3n) is 6.31. The number of hydrogen-bond acceptors (Lipinski definition) is 9. The maximum atomic E-state index is 14.5. The van der Waals surface area contributed by atoms with Crippen LogP contribution in [0.2, 0.25) is 0 Å². The molecular weight excluding hydrogens is 503 g/mol. The number of rotatable bonds is 8. The van der Waals surface area contributed by atoms with Crippen molar-refractivity contribution < 1.29 is 33.7 Å². The van der Waals surface area contributed by atoms with E-state index in [0.29, 0.717) is 39.3 Å².